The van der Waals surface area contributed by atoms with Crippen molar-refractivity contribution in [3.63, 3.8) is 0 Å². The third kappa shape index (κ3) is 4.93. The van der Waals surface area contributed by atoms with Gasteiger partial charge in [-0.3, -0.25) is 9.59 Å². The smallest absolute Gasteiger partial charge is 0.255 e. The van der Waals surface area contributed by atoms with E-state index in [0.717, 1.165) is 16.1 Å². The molecule has 0 radical (unpaired) electrons. The van der Waals surface area contributed by atoms with E-state index in [-0.39, 0.29) is 25.0 Å². The predicted molar refractivity (Wildman–Crippen MR) is 123 cm³/mol. The first kappa shape index (κ1) is 22.6. The number of nitriles is 1. The van der Waals surface area contributed by atoms with E-state index in [9.17, 15) is 14.7 Å². The SMILES string of the molecule is Cc1ncsc1CN1C(=O)COC(c2ccc(NC(=O)c3cccc(C#N)c3)cc2)C1CO. The van der Waals surface area contributed by atoms with Crippen LogP contribution in [0.4, 0.5) is 5.69 Å². The van der Waals surface area contributed by atoms with Gasteiger partial charge in [-0.25, -0.2) is 4.98 Å². The van der Waals surface area contributed by atoms with Crippen molar-refractivity contribution < 1.29 is 19.4 Å². The van der Waals surface area contributed by atoms with Crippen LogP contribution in [0.25, 0.3) is 0 Å². The van der Waals surface area contributed by atoms with E-state index in [4.69, 9.17) is 10.00 Å². The van der Waals surface area contributed by atoms with Gasteiger partial charge in [0.05, 0.1) is 42.0 Å². The zero-order valence-corrected chi connectivity index (χ0v) is 18.7. The molecule has 1 aliphatic heterocycles. The van der Waals surface area contributed by atoms with E-state index in [0.29, 0.717) is 23.4 Å². The Morgan fingerprint density at radius 3 is 2.79 bits per heavy atom. The van der Waals surface area contributed by atoms with E-state index < -0.39 is 12.1 Å². The van der Waals surface area contributed by atoms with Crippen LogP contribution in [-0.4, -0.2) is 46.1 Å². The number of amides is 2. The van der Waals surface area contributed by atoms with E-state index in [2.05, 4.69) is 10.3 Å². The number of ether oxygens (including phenoxy) is 1. The molecule has 4 rings (SSSR count). The van der Waals surface area contributed by atoms with E-state index >= 15 is 0 Å². The van der Waals surface area contributed by atoms with Crippen molar-refractivity contribution >= 4 is 28.8 Å². The van der Waals surface area contributed by atoms with E-state index in [1.54, 1.807) is 52.9 Å². The van der Waals surface area contributed by atoms with Crippen LogP contribution >= 0.6 is 11.3 Å². The number of hydrogen-bond donors (Lipinski definition) is 2. The second kappa shape index (κ2) is 9.92. The van der Waals surface area contributed by atoms with Crippen molar-refractivity contribution in [1.82, 2.24) is 9.88 Å². The molecule has 2 heterocycles. The van der Waals surface area contributed by atoms with Gasteiger partial charge >= 0.3 is 0 Å². The van der Waals surface area contributed by atoms with Gasteiger partial charge in [-0.15, -0.1) is 11.3 Å². The Hall–Kier alpha value is -3.58. The maximum atomic E-state index is 12.5. The highest BCUT2D eigenvalue weighted by Gasteiger charge is 2.37. The van der Waals surface area contributed by atoms with Gasteiger partial charge in [-0.1, -0.05) is 18.2 Å². The minimum absolute atomic E-state index is 0.0766. The summed E-state index contributed by atoms with van der Waals surface area (Å²) in [5.74, 6) is -0.500. The van der Waals surface area contributed by atoms with Crippen molar-refractivity contribution in [1.29, 1.82) is 5.26 Å². The summed E-state index contributed by atoms with van der Waals surface area (Å²) < 4.78 is 5.79. The molecule has 2 atom stereocenters. The van der Waals surface area contributed by atoms with Crippen molar-refractivity contribution in [2.45, 2.75) is 25.6 Å². The topological polar surface area (TPSA) is 116 Å². The number of morpholine rings is 1. The lowest BCUT2D eigenvalue weighted by Gasteiger charge is -2.40. The molecule has 0 saturated carbocycles. The third-order valence-electron chi connectivity index (χ3n) is 5.55. The minimum Gasteiger partial charge on any atom is -0.394 e. The third-order valence-corrected chi connectivity index (χ3v) is 6.47. The van der Waals surface area contributed by atoms with Crippen molar-refractivity contribution in [3.05, 3.63) is 81.3 Å². The molecule has 1 aliphatic rings. The molecule has 2 unspecified atom stereocenters. The van der Waals surface area contributed by atoms with Gasteiger partial charge in [-0.05, 0) is 42.8 Å². The maximum Gasteiger partial charge on any atom is 0.255 e. The molecule has 0 bridgehead atoms. The number of aryl methyl sites for hydroxylation is 1. The molecule has 0 spiro atoms. The van der Waals surface area contributed by atoms with E-state index in [1.807, 2.05) is 13.0 Å². The van der Waals surface area contributed by atoms with E-state index in [1.165, 1.54) is 17.4 Å². The van der Waals surface area contributed by atoms with Gasteiger partial charge in [0.2, 0.25) is 5.91 Å². The second-order valence-corrected chi connectivity index (χ2v) is 8.57. The number of nitrogens with one attached hydrogen (secondary N) is 1. The average molecular weight is 463 g/mol. The van der Waals surface area contributed by atoms with Crippen LogP contribution in [0.3, 0.4) is 0 Å². The minimum atomic E-state index is -0.540. The highest BCUT2D eigenvalue weighted by atomic mass is 32.1. The lowest BCUT2D eigenvalue weighted by molar-refractivity contribution is -0.161. The summed E-state index contributed by atoms with van der Waals surface area (Å²) in [4.78, 5) is 31.9. The molecule has 8 nitrogen and oxygen atoms in total. The van der Waals surface area contributed by atoms with Gasteiger partial charge in [0.1, 0.15) is 12.7 Å². The van der Waals surface area contributed by atoms with Crippen LogP contribution in [-0.2, 0) is 16.1 Å². The maximum absolute atomic E-state index is 12.5. The molecule has 33 heavy (non-hydrogen) atoms. The standard InChI is InChI=1S/C24H22N4O4S/c1-15-21(33-14-26-15)11-28-20(12-29)23(32-13-22(28)30)17-5-7-19(8-6-17)27-24(31)18-4-2-3-16(9-18)10-25/h2-9,14,20,23,29H,11-13H2,1H3,(H,27,31). The molecular formula is C24H22N4O4S. The number of carbonyl (C=O) groups is 2. The zero-order valence-electron chi connectivity index (χ0n) is 17.9. The number of thiazole rings is 1. The summed E-state index contributed by atoms with van der Waals surface area (Å²) in [6, 6.07) is 15.0. The van der Waals surface area contributed by atoms with Crippen LogP contribution in [0.2, 0.25) is 0 Å². The predicted octanol–water partition coefficient (Wildman–Crippen LogP) is 3.04. The van der Waals surface area contributed by atoms with Gasteiger partial charge in [0.25, 0.3) is 5.91 Å². The van der Waals surface area contributed by atoms with Crippen LogP contribution in [0.1, 0.15) is 38.2 Å². The largest absolute Gasteiger partial charge is 0.394 e. The first-order chi connectivity index (χ1) is 16.0. The summed E-state index contributed by atoms with van der Waals surface area (Å²) >= 11 is 1.48. The Kier molecular flexibility index (Phi) is 6.79. The lowest BCUT2D eigenvalue weighted by Crippen LogP contribution is -2.52. The summed E-state index contributed by atoms with van der Waals surface area (Å²) in [6.07, 6.45) is -0.502. The van der Waals surface area contributed by atoms with Crippen LogP contribution < -0.4 is 5.32 Å². The molecule has 1 aromatic heterocycles. The number of benzene rings is 2. The monoisotopic (exact) mass is 462 g/mol. The summed E-state index contributed by atoms with van der Waals surface area (Å²) in [5.41, 5.74) is 4.78. The highest BCUT2D eigenvalue weighted by Crippen LogP contribution is 2.31. The molecular weight excluding hydrogens is 440 g/mol. The number of aromatic nitrogens is 1. The number of aliphatic hydroxyl groups is 1. The van der Waals surface area contributed by atoms with Gasteiger partial charge in [0.15, 0.2) is 0 Å². The van der Waals surface area contributed by atoms with Crippen LogP contribution in [0, 0.1) is 18.3 Å². The van der Waals surface area contributed by atoms with Gasteiger partial charge in [0, 0.05) is 16.1 Å². The molecule has 9 heteroatoms. The van der Waals surface area contributed by atoms with Crippen LogP contribution in [0.15, 0.2) is 54.0 Å². The molecule has 1 saturated heterocycles. The molecule has 0 aliphatic carbocycles. The fraction of sp³-hybridized carbons (Fsp3) is 0.250. The number of anilines is 1. The molecule has 1 fully saturated rings. The number of aliphatic hydroxyl groups excluding tert-OH is 1. The van der Waals surface area contributed by atoms with Gasteiger partial charge < -0.3 is 20.1 Å². The zero-order chi connectivity index (χ0) is 23.4. The Morgan fingerprint density at radius 2 is 2.12 bits per heavy atom. The lowest BCUT2D eigenvalue weighted by atomic mass is 9.99. The highest BCUT2D eigenvalue weighted by molar-refractivity contribution is 7.09. The number of rotatable bonds is 6. The fourth-order valence-electron chi connectivity index (χ4n) is 3.74. The van der Waals surface area contributed by atoms with Crippen molar-refractivity contribution in [3.8, 4) is 6.07 Å². The summed E-state index contributed by atoms with van der Waals surface area (Å²) in [7, 11) is 0. The molecule has 2 amide bonds. The quantitative estimate of drug-likeness (QED) is 0.582. The summed E-state index contributed by atoms with van der Waals surface area (Å²) in [5, 5.41) is 21.9. The number of carbonyl (C=O) groups excluding carboxylic acids is 2. The molecule has 2 N–H and O–H groups in total. The Bertz CT molecular complexity index is 1200. The first-order valence-electron chi connectivity index (χ1n) is 10.3. The molecule has 168 valence electrons. The Morgan fingerprint density at radius 1 is 1.33 bits per heavy atom. The average Bonchev–Trinajstić information content (AvgIpc) is 3.25. The Balaban J connectivity index is 1.49. The first-order valence-corrected chi connectivity index (χ1v) is 11.2. The number of hydrogen-bond acceptors (Lipinski definition) is 7. The second-order valence-electron chi connectivity index (χ2n) is 7.63. The molecule has 3 aromatic rings. The van der Waals surface area contributed by atoms with Crippen molar-refractivity contribution in [2.24, 2.45) is 0 Å². The number of nitrogens with zero attached hydrogens (tertiary/aromatic N) is 3. The fourth-order valence-corrected chi connectivity index (χ4v) is 4.52. The Labute approximate surface area is 195 Å². The van der Waals surface area contributed by atoms with Gasteiger partial charge in [-0.2, -0.15) is 5.26 Å². The molecule has 2 aromatic carbocycles. The summed E-state index contributed by atoms with van der Waals surface area (Å²) in [6.45, 7) is 1.94. The van der Waals surface area contributed by atoms with Crippen molar-refractivity contribution in [2.75, 3.05) is 18.5 Å². The normalized spacial score (nSPS) is 18.1. The van der Waals surface area contributed by atoms with Crippen LogP contribution in [0.5, 0.6) is 0 Å².